The van der Waals surface area contributed by atoms with Crippen LogP contribution >= 0.6 is 0 Å². The quantitative estimate of drug-likeness (QED) is 0.843. The lowest BCUT2D eigenvalue weighted by Gasteiger charge is -2.31. The Kier molecular flexibility index (Phi) is 6.42. The maximum atomic E-state index is 12.3. The fraction of sp³-hybridized carbons (Fsp3) is 0.364. The summed E-state index contributed by atoms with van der Waals surface area (Å²) in [6, 6.07) is 20.4. The molecule has 1 aliphatic rings. The minimum atomic E-state index is -0.484. The van der Waals surface area contributed by atoms with Gasteiger partial charge in [-0.15, -0.1) is 0 Å². The smallest absolute Gasteiger partial charge is 0.311 e. The van der Waals surface area contributed by atoms with Crippen molar-refractivity contribution in [2.24, 2.45) is 5.92 Å². The first-order valence-electron chi connectivity index (χ1n) is 9.37. The van der Waals surface area contributed by atoms with Crippen LogP contribution in [0.3, 0.4) is 0 Å². The molecule has 1 aliphatic heterocycles. The van der Waals surface area contributed by atoms with E-state index in [9.17, 15) is 9.59 Å². The number of rotatable bonds is 5. The second kappa shape index (κ2) is 9.18. The monoisotopic (exact) mass is 350 g/mol. The van der Waals surface area contributed by atoms with Gasteiger partial charge in [-0.25, -0.2) is 0 Å². The van der Waals surface area contributed by atoms with Gasteiger partial charge < -0.3 is 10.2 Å². The molecule has 0 aliphatic carbocycles. The molecule has 2 aromatic rings. The molecule has 0 aromatic heterocycles. The van der Waals surface area contributed by atoms with E-state index >= 15 is 0 Å². The topological polar surface area (TPSA) is 49.4 Å². The van der Waals surface area contributed by atoms with E-state index in [-0.39, 0.29) is 0 Å². The van der Waals surface area contributed by atoms with Crippen molar-refractivity contribution in [3.63, 3.8) is 0 Å². The molecular formula is C22H26N2O2. The van der Waals surface area contributed by atoms with E-state index in [1.165, 1.54) is 5.56 Å². The van der Waals surface area contributed by atoms with Crippen LogP contribution < -0.4 is 5.32 Å². The molecule has 0 unspecified atom stereocenters. The molecule has 3 rings (SSSR count). The van der Waals surface area contributed by atoms with Gasteiger partial charge in [-0.2, -0.15) is 0 Å². The Balaban J connectivity index is 1.39. The second-order valence-electron chi connectivity index (χ2n) is 6.92. The molecule has 0 spiro atoms. The van der Waals surface area contributed by atoms with Gasteiger partial charge >= 0.3 is 11.8 Å². The van der Waals surface area contributed by atoms with E-state index in [1.807, 2.05) is 36.4 Å². The van der Waals surface area contributed by atoms with E-state index in [0.717, 1.165) is 31.2 Å². The molecule has 1 heterocycles. The third-order valence-corrected chi connectivity index (χ3v) is 5.01. The average Bonchev–Trinajstić information content (AvgIpc) is 2.69. The zero-order valence-electron chi connectivity index (χ0n) is 15.1. The molecule has 1 saturated heterocycles. The number of nitrogens with one attached hydrogen (secondary N) is 1. The summed E-state index contributed by atoms with van der Waals surface area (Å²) in [6.45, 7) is 1.82. The van der Waals surface area contributed by atoms with Crippen LogP contribution in [-0.2, 0) is 22.4 Å². The largest absolute Gasteiger partial charge is 0.347 e. The maximum Gasteiger partial charge on any atom is 0.311 e. The van der Waals surface area contributed by atoms with Crippen molar-refractivity contribution in [3.05, 3.63) is 71.8 Å². The standard InChI is InChI=1S/C22H26N2O2/c25-21(23-14-11-18-7-3-1-4-8-18)22(26)24-15-12-20(13-16-24)17-19-9-5-2-6-10-19/h1-10,20H,11-17H2,(H,23,25). The molecule has 2 aromatic carbocycles. The first-order valence-corrected chi connectivity index (χ1v) is 9.37. The zero-order chi connectivity index (χ0) is 18.2. The Hall–Kier alpha value is -2.62. The van der Waals surface area contributed by atoms with Crippen molar-refractivity contribution in [2.75, 3.05) is 19.6 Å². The van der Waals surface area contributed by atoms with E-state index in [4.69, 9.17) is 0 Å². The highest BCUT2D eigenvalue weighted by atomic mass is 16.2. The molecule has 1 N–H and O–H groups in total. The summed E-state index contributed by atoms with van der Waals surface area (Å²) in [5.74, 6) is -0.291. The van der Waals surface area contributed by atoms with E-state index in [0.29, 0.717) is 25.6 Å². The third-order valence-electron chi connectivity index (χ3n) is 5.01. The SMILES string of the molecule is O=C(NCCc1ccccc1)C(=O)N1CCC(Cc2ccccc2)CC1. The highest BCUT2D eigenvalue weighted by Crippen LogP contribution is 2.21. The molecule has 1 fully saturated rings. The molecular weight excluding hydrogens is 324 g/mol. The number of piperidine rings is 1. The zero-order valence-corrected chi connectivity index (χ0v) is 15.1. The Morgan fingerprint density at radius 2 is 1.46 bits per heavy atom. The Morgan fingerprint density at radius 3 is 2.08 bits per heavy atom. The van der Waals surface area contributed by atoms with E-state index < -0.39 is 11.8 Å². The van der Waals surface area contributed by atoms with Crippen LogP contribution in [0.25, 0.3) is 0 Å². The molecule has 0 atom stereocenters. The van der Waals surface area contributed by atoms with Crippen molar-refractivity contribution < 1.29 is 9.59 Å². The average molecular weight is 350 g/mol. The Morgan fingerprint density at radius 1 is 0.885 bits per heavy atom. The number of carbonyl (C=O) groups excluding carboxylic acids is 2. The van der Waals surface area contributed by atoms with Crippen LogP contribution in [0.15, 0.2) is 60.7 Å². The highest BCUT2D eigenvalue weighted by molar-refractivity contribution is 6.35. The lowest BCUT2D eigenvalue weighted by molar-refractivity contribution is -0.146. The third kappa shape index (κ3) is 5.19. The second-order valence-corrected chi connectivity index (χ2v) is 6.92. The number of carbonyl (C=O) groups is 2. The first-order chi connectivity index (χ1) is 12.7. The molecule has 0 radical (unpaired) electrons. The maximum absolute atomic E-state index is 12.3. The van der Waals surface area contributed by atoms with Crippen molar-refractivity contribution >= 4 is 11.8 Å². The normalized spacial score (nSPS) is 14.8. The molecule has 26 heavy (non-hydrogen) atoms. The fourth-order valence-electron chi connectivity index (χ4n) is 3.47. The Bertz CT molecular complexity index is 707. The molecule has 4 heteroatoms. The summed E-state index contributed by atoms with van der Waals surface area (Å²) in [4.78, 5) is 26.1. The number of amides is 2. The number of likely N-dealkylation sites (tertiary alicyclic amines) is 1. The summed E-state index contributed by atoms with van der Waals surface area (Å²) < 4.78 is 0. The Labute approximate surface area is 155 Å². The summed E-state index contributed by atoms with van der Waals surface area (Å²) in [5, 5.41) is 2.75. The number of hydrogen-bond acceptors (Lipinski definition) is 2. The minimum Gasteiger partial charge on any atom is -0.347 e. The van der Waals surface area contributed by atoms with Gasteiger partial charge in [0.15, 0.2) is 0 Å². The molecule has 2 amide bonds. The predicted molar refractivity (Wildman–Crippen MR) is 103 cm³/mol. The summed E-state index contributed by atoms with van der Waals surface area (Å²) >= 11 is 0. The molecule has 136 valence electrons. The van der Waals surface area contributed by atoms with Gasteiger partial charge in [0.05, 0.1) is 0 Å². The van der Waals surface area contributed by atoms with Crippen molar-refractivity contribution in [3.8, 4) is 0 Å². The van der Waals surface area contributed by atoms with Gasteiger partial charge in [-0.05, 0) is 42.7 Å². The molecule has 4 nitrogen and oxygen atoms in total. The van der Waals surface area contributed by atoms with Crippen LogP contribution in [0, 0.1) is 5.92 Å². The van der Waals surface area contributed by atoms with Gasteiger partial charge in [-0.1, -0.05) is 60.7 Å². The number of nitrogens with zero attached hydrogens (tertiary/aromatic N) is 1. The van der Waals surface area contributed by atoms with Crippen LogP contribution in [-0.4, -0.2) is 36.3 Å². The van der Waals surface area contributed by atoms with Gasteiger partial charge in [0, 0.05) is 19.6 Å². The summed E-state index contributed by atoms with van der Waals surface area (Å²) in [5.41, 5.74) is 2.50. The van der Waals surface area contributed by atoms with Gasteiger partial charge in [-0.3, -0.25) is 9.59 Å². The van der Waals surface area contributed by atoms with Crippen LogP contribution in [0.5, 0.6) is 0 Å². The number of benzene rings is 2. The summed E-state index contributed by atoms with van der Waals surface area (Å²) in [7, 11) is 0. The van der Waals surface area contributed by atoms with Crippen LogP contribution in [0.2, 0.25) is 0 Å². The molecule has 0 saturated carbocycles. The molecule has 0 bridgehead atoms. The van der Waals surface area contributed by atoms with Crippen molar-refractivity contribution in [1.82, 2.24) is 10.2 Å². The lowest BCUT2D eigenvalue weighted by atomic mass is 9.90. The van der Waals surface area contributed by atoms with Crippen LogP contribution in [0.1, 0.15) is 24.0 Å². The fourth-order valence-corrected chi connectivity index (χ4v) is 3.47. The van der Waals surface area contributed by atoms with E-state index in [1.54, 1.807) is 4.90 Å². The van der Waals surface area contributed by atoms with Crippen molar-refractivity contribution in [1.29, 1.82) is 0 Å². The number of hydrogen-bond donors (Lipinski definition) is 1. The van der Waals surface area contributed by atoms with Gasteiger partial charge in [0.1, 0.15) is 0 Å². The van der Waals surface area contributed by atoms with E-state index in [2.05, 4.69) is 29.6 Å². The highest BCUT2D eigenvalue weighted by Gasteiger charge is 2.26. The lowest BCUT2D eigenvalue weighted by Crippen LogP contribution is -2.47. The minimum absolute atomic E-state index is 0.392. The van der Waals surface area contributed by atoms with Gasteiger partial charge in [0.2, 0.25) is 0 Å². The summed E-state index contributed by atoms with van der Waals surface area (Å²) in [6.07, 6.45) is 3.70. The first kappa shape index (κ1) is 18.2. The predicted octanol–water partition coefficient (Wildman–Crippen LogP) is 2.83. The van der Waals surface area contributed by atoms with Crippen LogP contribution in [0.4, 0.5) is 0 Å². The van der Waals surface area contributed by atoms with Crippen molar-refractivity contribution in [2.45, 2.75) is 25.7 Å². The van der Waals surface area contributed by atoms with Gasteiger partial charge in [0.25, 0.3) is 0 Å².